The van der Waals surface area contributed by atoms with Gasteiger partial charge in [0.05, 0.1) is 26.2 Å². The Morgan fingerprint density at radius 2 is 2.15 bits per heavy atom. The van der Waals surface area contributed by atoms with Gasteiger partial charge in [-0.15, -0.1) is 0 Å². The number of ether oxygens (including phenoxy) is 2. The Morgan fingerprint density at radius 3 is 2.93 bits per heavy atom. The maximum Gasteiger partial charge on any atom is 0.225 e. The zero-order valence-corrected chi connectivity index (χ0v) is 16.0. The highest BCUT2D eigenvalue weighted by Gasteiger charge is 2.34. The van der Waals surface area contributed by atoms with Gasteiger partial charge >= 0.3 is 0 Å². The first kappa shape index (κ1) is 19.6. The third-order valence-corrected chi connectivity index (χ3v) is 5.15. The first-order valence-corrected chi connectivity index (χ1v) is 9.64. The summed E-state index contributed by atoms with van der Waals surface area (Å²) in [5, 5.41) is 2.99. The van der Waals surface area contributed by atoms with Gasteiger partial charge in [0.25, 0.3) is 0 Å². The molecule has 27 heavy (non-hydrogen) atoms. The molecule has 7 nitrogen and oxygen atoms in total. The van der Waals surface area contributed by atoms with Crippen molar-refractivity contribution in [1.82, 2.24) is 15.1 Å². The minimum atomic E-state index is -0.258. The number of hydrogen-bond donors (Lipinski definition) is 1. The minimum absolute atomic E-state index is 0.0153. The van der Waals surface area contributed by atoms with Gasteiger partial charge in [-0.3, -0.25) is 14.5 Å². The molecule has 2 aliphatic heterocycles. The van der Waals surface area contributed by atoms with Gasteiger partial charge in [0.15, 0.2) is 0 Å². The molecule has 2 fully saturated rings. The number of methoxy groups -OCH3 is 1. The van der Waals surface area contributed by atoms with Crippen molar-refractivity contribution in [2.75, 3.05) is 53.0 Å². The van der Waals surface area contributed by atoms with E-state index >= 15 is 0 Å². The summed E-state index contributed by atoms with van der Waals surface area (Å²) in [5.74, 6) is 0.532. The van der Waals surface area contributed by atoms with Crippen molar-refractivity contribution in [1.29, 1.82) is 0 Å². The zero-order valence-electron chi connectivity index (χ0n) is 16.0. The maximum atomic E-state index is 12.4. The van der Waals surface area contributed by atoms with Crippen LogP contribution >= 0.6 is 0 Å². The molecule has 0 bridgehead atoms. The van der Waals surface area contributed by atoms with Crippen molar-refractivity contribution < 1.29 is 19.1 Å². The second-order valence-corrected chi connectivity index (χ2v) is 7.13. The fraction of sp³-hybridized carbons (Fsp3) is 0.600. The quantitative estimate of drug-likeness (QED) is 0.683. The number of nitrogens with one attached hydrogen (secondary N) is 1. The van der Waals surface area contributed by atoms with Gasteiger partial charge < -0.3 is 19.7 Å². The molecule has 1 aromatic rings. The van der Waals surface area contributed by atoms with Crippen molar-refractivity contribution in [2.45, 2.75) is 19.4 Å². The number of nitrogens with zero attached hydrogens (tertiary/aromatic N) is 2. The van der Waals surface area contributed by atoms with Gasteiger partial charge in [-0.05, 0) is 30.7 Å². The topological polar surface area (TPSA) is 71.1 Å². The van der Waals surface area contributed by atoms with Crippen LogP contribution in [-0.4, -0.2) is 74.7 Å². The third kappa shape index (κ3) is 5.68. The van der Waals surface area contributed by atoms with E-state index in [0.29, 0.717) is 26.1 Å². The van der Waals surface area contributed by atoms with Crippen LogP contribution in [0.3, 0.4) is 0 Å². The van der Waals surface area contributed by atoms with Gasteiger partial charge in [-0.1, -0.05) is 12.1 Å². The number of morpholine rings is 1. The Balaban J connectivity index is 1.40. The summed E-state index contributed by atoms with van der Waals surface area (Å²) < 4.78 is 10.6. The summed E-state index contributed by atoms with van der Waals surface area (Å²) in [5.41, 5.74) is 1.01. The average Bonchev–Trinajstić information content (AvgIpc) is 3.06. The molecule has 2 saturated heterocycles. The van der Waals surface area contributed by atoms with Crippen LogP contribution in [-0.2, 0) is 20.9 Å². The van der Waals surface area contributed by atoms with Crippen LogP contribution in [0.4, 0.5) is 0 Å². The normalized spacial score (nSPS) is 20.7. The molecule has 3 rings (SSSR count). The predicted octanol–water partition coefficient (Wildman–Crippen LogP) is 0.882. The Hall–Kier alpha value is -2.12. The first-order valence-electron chi connectivity index (χ1n) is 9.64. The second-order valence-electron chi connectivity index (χ2n) is 7.13. The third-order valence-electron chi connectivity index (χ3n) is 5.15. The second kappa shape index (κ2) is 9.71. The molecule has 0 aromatic heterocycles. The molecule has 0 radical (unpaired) electrons. The maximum absolute atomic E-state index is 12.4. The number of benzene rings is 1. The number of hydrogen-bond acceptors (Lipinski definition) is 5. The molecule has 0 saturated carbocycles. The Bertz CT molecular complexity index is 646. The fourth-order valence-corrected chi connectivity index (χ4v) is 3.58. The average molecular weight is 375 g/mol. The van der Waals surface area contributed by atoms with Crippen molar-refractivity contribution in [3.63, 3.8) is 0 Å². The van der Waals surface area contributed by atoms with E-state index in [1.54, 1.807) is 12.0 Å². The van der Waals surface area contributed by atoms with Crippen LogP contribution in [0.25, 0.3) is 0 Å². The van der Waals surface area contributed by atoms with E-state index in [1.165, 1.54) is 0 Å². The smallest absolute Gasteiger partial charge is 0.225 e. The molecule has 1 N–H and O–H groups in total. The minimum Gasteiger partial charge on any atom is -0.497 e. The summed E-state index contributed by atoms with van der Waals surface area (Å²) in [7, 11) is 1.62. The van der Waals surface area contributed by atoms with E-state index in [9.17, 15) is 9.59 Å². The largest absolute Gasteiger partial charge is 0.497 e. The number of carbonyl (C=O) groups excluding carboxylic acids is 2. The van der Waals surface area contributed by atoms with Gasteiger partial charge in [-0.2, -0.15) is 0 Å². The lowest BCUT2D eigenvalue weighted by molar-refractivity contribution is -0.129. The summed E-state index contributed by atoms with van der Waals surface area (Å²) >= 11 is 0. The monoisotopic (exact) mass is 375 g/mol. The van der Waals surface area contributed by atoms with Gasteiger partial charge in [0.1, 0.15) is 5.75 Å². The van der Waals surface area contributed by atoms with E-state index in [-0.39, 0.29) is 17.7 Å². The first-order chi connectivity index (χ1) is 13.2. The summed E-state index contributed by atoms with van der Waals surface area (Å²) in [6.45, 7) is 6.11. The standard InChI is InChI=1S/C20H29N3O4/c1-26-18-5-2-4-16(12-18)14-23-15-17(13-19(23)24)20(25)21-6-3-7-22-8-10-27-11-9-22/h2,4-5,12,17H,3,6-11,13-15H2,1H3,(H,21,25)/t17-/m1/s1. The van der Waals surface area contributed by atoms with E-state index in [2.05, 4.69) is 10.2 Å². The van der Waals surface area contributed by atoms with Crippen LogP contribution in [0.5, 0.6) is 5.75 Å². The molecule has 148 valence electrons. The van der Waals surface area contributed by atoms with E-state index in [4.69, 9.17) is 9.47 Å². The number of rotatable bonds is 8. The van der Waals surface area contributed by atoms with Crippen molar-refractivity contribution >= 4 is 11.8 Å². The summed E-state index contributed by atoms with van der Waals surface area (Å²) in [6, 6.07) is 7.68. The van der Waals surface area contributed by atoms with Gasteiger partial charge in [-0.25, -0.2) is 0 Å². The van der Waals surface area contributed by atoms with Gasteiger partial charge in [0, 0.05) is 39.1 Å². The molecule has 0 unspecified atom stereocenters. The molecule has 0 aliphatic carbocycles. The van der Waals surface area contributed by atoms with E-state index in [1.807, 2.05) is 24.3 Å². The zero-order chi connectivity index (χ0) is 19.1. The molecule has 2 heterocycles. The highest BCUT2D eigenvalue weighted by Crippen LogP contribution is 2.22. The number of amides is 2. The van der Waals surface area contributed by atoms with Crippen LogP contribution in [0, 0.1) is 5.92 Å². The molecular weight excluding hydrogens is 346 g/mol. The SMILES string of the molecule is COc1cccc(CN2C[C@H](C(=O)NCCCN3CCOCC3)CC2=O)c1. The fourth-order valence-electron chi connectivity index (χ4n) is 3.58. The Morgan fingerprint density at radius 1 is 1.33 bits per heavy atom. The molecule has 1 atom stereocenters. The van der Waals surface area contributed by atoms with Crippen LogP contribution in [0.2, 0.25) is 0 Å². The van der Waals surface area contributed by atoms with E-state index in [0.717, 1.165) is 50.6 Å². The van der Waals surface area contributed by atoms with Crippen molar-refractivity contribution in [3.8, 4) is 5.75 Å². The van der Waals surface area contributed by atoms with Crippen LogP contribution in [0.15, 0.2) is 24.3 Å². The summed E-state index contributed by atoms with van der Waals surface area (Å²) in [4.78, 5) is 28.8. The highest BCUT2D eigenvalue weighted by atomic mass is 16.5. The number of carbonyl (C=O) groups is 2. The van der Waals surface area contributed by atoms with Crippen LogP contribution in [0.1, 0.15) is 18.4 Å². The highest BCUT2D eigenvalue weighted by molar-refractivity contribution is 5.89. The molecular formula is C20H29N3O4. The van der Waals surface area contributed by atoms with Crippen molar-refractivity contribution in [2.24, 2.45) is 5.92 Å². The van der Waals surface area contributed by atoms with Crippen LogP contribution < -0.4 is 10.1 Å². The summed E-state index contributed by atoms with van der Waals surface area (Å²) in [6.07, 6.45) is 1.21. The lowest BCUT2D eigenvalue weighted by Gasteiger charge is -2.26. The lowest BCUT2D eigenvalue weighted by atomic mass is 10.1. The molecule has 0 spiro atoms. The Labute approximate surface area is 160 Å². The molecule has 2 amide bonds. The Kier molecular flexibility index (Phi) is 7.06. The number of likely N-dealkylation sites (tertiary alicyclic amines) is 1. The predicted molar refractivity (Wildman–Crippen MR) is 101 cm³/mol. The molecule has 7 heteroatoms. The lowest BCUT2D eigenvalue weighted by Crippen LogP contribution is -2.39. The molecule has 1 aromatic carbocycles. The molecule has 2 aliphatic rings. The van der Waals surface area contributed by atoms with E-state index < -0.39 is 0 Å². The van der Waals surface area contributed by atoms with Gasteiger partial charge in [0.2, 0.25) is 11.8 Å². The van der Waals surface area contributed by atoms with Crippen molar-refractivity contribution in [3.05, 3.63) is 29.8 Å².